The highest BCUT2D eigenvalue weighted by Crippen LogP contribution is 2.14. The van der Waals surface area contributed by atoms with Crippen molar-refractivity contribution in [3.05, 3.63) is 25.3 Å². The Morgan fingerprint density at radius 3 is 2.81 bits per heavy atom. The molecule has 0 aromatic heterocycles. The van der Waals surface area contributed by atoms with E-state index in [1.165, 1.54) is 6.42 Å². The number of ether oxygens (including phenoxy) is 3. The lowest BCUT2D eigenvalue weighted by atomic mass is 10.2. The summed E-state index contributed by atoms with van der Waals surface area (Å²) in [6.07, 6.45) is 7.71. The zero-order valence-corrected chi connectivity index (χ0v) is 9.90. The predicted octanol–water partition coefficient (Wildman–Crippen LogP) is 2.68. The van der Waals surface area contributed by atoms with E-state index in [9.17, 15) is 0 Å². The van der Waals surface area contributed by atoms with Gasteiger partial charge in [-0.2, -0.15) is 0 Å². The van der Waals surface area contributed by atoms with Crippen LogP contribution in [-0.2, 0) is 14.2 Å². The molecule has 92 valence electrons. The van der Waals surface area contributed by atoms with Crippen LogP contribution in [0.4, 0.5) is 0 Å². The van der Waals surface area contributed by atoms with E-state index in [4.69, 9.17) is 14.2 Å². The molecule has 1 rings (SSSR count). The van der Waals surface area contributed by atoms with E-state index >= 15 is 0 Å². The number of rotatable bonds is 8. The van der Waals surface area contributed by atoms with E-state index in [0.29, 0.717) is 13.2 Å². The molecule has 0 spiro atoms. The molecule has 1 unspecified atom stereocenters. The van der Waals surface area contributed by atoms with Crippen LogP contribution in [0.2, 0.25) is 0 Å². The van der Waals surface area contributed by atoms with Crippen LogP contribution < -0.4 is 0 Å². The van der Waals surface area contributed by atoms with Crippen molar-refractivity contribution in [3.8, 4) is 0 Å². The van der Waals surface area contributed by atoms with Crippen molar-refractivity contribution in [1.82, 2.24) is 0 Å². The van der Waals surface area contributed by atoms with E-state index in [1.54, 1.807) is 6.08 Å². The molecule has 0 amide bonds. The third-order valence-electron chi connectivity index (χ3n) is 2.49. The first-order chi connectivity index (χ1) is 7.86. The van der Waals surface area contributed by atoms with Crippen molar-refractivity contribution in [2.45, 2.75) is 38.1 Å². The van der Waals surface area contributed by atoms with Gasteiger partial charge in [-0.1, -0.05) is 12.2 Å². The maximum absolute atomic E-state index is 5.67. The summed E-state index contributed by atoms with van der Waals surface area (Å²) in [5.74, 6) is 0. The van der Waals surface area contributed by atoms with Crippen LogP contribution in [0.5, 0.6) is 0 Å². The largest absolute Gasteiger partial charge is 0.371 e. The lowest BCUT2D eigenvalue weighted by Crippen LogP contribution is -2.28. The lowest BCUT2D eigenvalue weighted by molar-refractivity contribution is -0.178. The molecule has 1 saturated heterocycles. The fourth-order valence-corrected chi connectivity index (χ4v) is 1.63. The second-order valence-corrected chi connectivity index (χ2v) is 3.90. The van der Waals surface area contributed by atoms with Gasteiger partial charge in [-0.05, 0) is 25.7 Å². The van der Waals surface area contributed by atoms with E-state index in [0.717, 1.165) is 25.9 Å². The van der Waals surface area contributed by atoms with E-state index < -0.39 is 0 Å². The summed E-state index contributed by atoms with van der Waals surface area (Å²) in [5.41, 5.74) is 0. The minimum atomic E-state index is -0.0478. The summed E-state index contributed by atoms with van der Waals surface area (Å²) in [4.78, 5) is 0. The van der Waals surface area contributed by atoms with Gasteiger partial charge in [0.25, 0.3) is 0 Å². The normalized spacial score (nSPS) is 22.6. The van der Waals surface area contributed by atoms with Crippen LogP contribution in [0.1, 0.15) is 25.7 Å². The maximum Gasteiger partial charge on any atom is 0.157 e. The molecule has 0 N–H and O–H groups in total. The highest BCUT2D eigenvalue weighted by molar-refractivity contribution is 4.75. The maximum atomic E-state index is 5.67. The van der Waals surface area contributed by atoms with Crippen molar-refractivity contribution >= 4 is 0 Å². The molecule has 1 fully saturated rings. The van der Waals surface area contributed by atoms with Crippen LogP contribution in [0.25, 0.3) is 0 Å². The Kier molecular flexibility index (Phi) is 7.14. The Hall–Kier alpha value is -0.640. The van der Waals surface area contributed by atoms with E-state index in [-0.39, 0.29) is 12.4 Å². The van der Waals surface area contributed by atoms with Crippen LogP contribution in [-0.4, -0.2) is 32.2 Å². The molecule has 1 aliphatic rings. The van der Waals surface area contributed by atoms with Crippen LogP contribution in [0.15, 0.2) is 25.3 Å². The molecule has 0 bridgehead atoms. The second-order valence-electron chi connectivity index (χ2n) is 3.90. The molecule has 1 heterocycles. The average molecular weight is 226 g/mol. The van der Waals surface area contributed by atoms with Gasteiger partial charge in [0, 0.05) is 6.61 Å². The summed E-state index contributed by atoms with van der Waals surface area (Å²) in [5, 5.41) is 0. The molecular weight excluding hydrogens is 204 g/mol. The smallest absolute Gasteiger partial charge is 0.157 e. The van der Waals surface area contributed by atoms with E-state index in [1.807, 2.05) is 6.08 Å². The standard InChI is InChI=1S/C13H22O3/c1-3-7-12(14-9-4-2)11-16-13-8-5-6-10-15-13/h3-4,12-13H,1-2,5-11H2/t12-,13?/m0/s1. The molecule has 2 atom stereocenters. The summed E-state index contributed by atoms with van der Waals surface area (Å²) >= 11 is 0. The fourth-order valence-electron chi connectivity index (χ4n) is 1.63. The molecular formula is C13H22O3. The molecule has 1 aliphatic heterocycles. The van der Waals surface area contributed by atoms with Gasteiger partial charge in [-0.25, -0.2) is 0 Å². The van der Waals surface area contributed by atoms with Gasteiger partial charge < -0.3 is 14.2 Å². The van der Waals surface area contributed by atoms with Crippen LogP contribution in [0.3, 0.4) is 0 Å². The van der Waals surface area contributed by atoms with Crippen molar-refractivity contribution in [2.75, 3.05) is 19.8 Å². The van der Waals surface area contributed by atoms with Gasteiger partial charge in [-0.15, -0.1) is 13.2 Å². The van der Waals surface area contributed by atoms with Gasteiger partial charge in [0.15, 0.2) is 6.29 Å². The summed E-state index contributed by atoms with van der Waals surface area (Å²) in [7, 11) is 0. The highest BCUT2D eigenvalue weighted by Gasteiger charge is 2.16. The Bertz CT molecular complexity index is 197. The minimum absolute atomic E-state index is 0.0478. The van der Waals surface area contributed by atoms with Gasteiger partial charge in [-0.3, -0.25) is 0 Å². The zero-order chi connectivity index (χ0) is 11.6. The molecule has 3 nitrogen and oxygen atoms in total. The van der Waals surface area contributed by atoms with Crippen LogP contribution in [0, 0.1) is 0 Å². The molecule has 16 heavy (non-hydrogen) atoms. The van der Waals surface area contributed by atoms with Gasteiger partial charge >= 0.3 is 0 Å². The second kappa shape index (κ2) is 8.50. The molecule has 0 aromatic carbocycles. The SMILES string of the molecule is C=CCO[C@@H](CC=C)COC1CCCCO1. The zero-order valence-electron chi connectivity index (χ0n) is 9.90. The average Bonchev–Trinajstić information content (AvgIpc) is 2.34. The molecule has 0 saturated carbocycles. The topological polar surface area (TPSA) is 27.7 Å². The molecule has 0 aromatic rings. The first-order valence-corrected chi connectivity index (χ1v) is 5.93. The summed E-state index contributed by atoms with van der Waals surface area (Å²) in [6.45, 7) is 9.26. The Balaban J connectivity index is 2.18. The Morgan fingerprint density at radius 1 is 1.31 bits per heavy atom. The van der Waals surface area contributed by atoms with Crippen molar-refractivity contribution in [3.63, 3.8) is 0 Å². The first-order valence-electron chi connectivity index (χ1n) is 5.93. The molecule has 0 radical (unpaired) electrons. The van der Waals surface area contributed by atoms with Crippen LogP contribution >= 0.6 is 0 Å². The number of hydrogen-bond acceptors (Lipinski definition) is 3. The third-order valence-corrected chi connectivity index (χ3v) is 2.49. The van der Waals surface area contributed by atoms with Crippen molar-refractivity contribution < 1.29 is 14.2 Å². The summed E-state index contributed by atoms with van der Waals surface area (Å²) in [6, 6.07) is 0. The van der Waals surface area contributed by atoms with Gasteiger partial charge in [0.1, 0.15) is 0 Å². The quantitative estimate of drug-likeness (QED) is 0.595. The number of hydrogen-bond donors (Lipinski definition) is 0. The Morgan fingerprint density at radius 2 is 2.19 bits per heavy atom. The highest BCUT2D eigenvalue weighted by atomic mass is 16.7. The minimum Gasteiger partial charge on any atom is -0.371 e. The fraction of sp³-hybridized carbons (Fsp3) is 0.692. The van der Waals surface area contributed by atoms with Gasteiger partial charge in [0.05, 0.1) is 19.3 Å². The monoisotopic (exact) mass is 226 g/mol. The third kappa shape index (κ3) is 5.45. The van der Waals surface area contributed by atoms with E-state index in [2.05, 4.69) is 13.2 Å². The van der Waals surface area contributed by atoms with Crippen molar-refractivity contribution in [1.29, 1.82) is 0 Å². The van der Waals surface area contributed by atoms with Crippen molar-refractivity contribution in [2.24, 2.45) is 0 Å². The summed E-state index contributed by atoms with van der Waals surface area (Å²) < 4.78 is 16.7. The molecule has 0 aliphatic carbocycles. The first kappa shape index (κ1) is 13.4. The van der Waals surface area contributed by atoms with Gasteiger partial charge in [0.2, 0.25) is 0 Å². The predicted molar refractivity (Wildman–Crippen MR) is 64.3 cm³/mol. The molecule has 3 heteroatoms. The Labute approximate surface area is 98.1 Å². The lowest BCUT2D eigenvalue weighted by Gasteiger charge is -2.25.